The number of ketones is 1. The molecule has 7 heteroatoms. The van der Waals surface area contributed by atoms with E-state index in [9.17, 15) is 14.7 Å². The van der Waals surface area contributed by atoms with Gasteiger partial charge in [-0.25, -0.2) is 0 Å². The molecule has 5 rings (SSSR count). The molecule has 2 aromatic heterocycles. The Bertz CT molecular complexity index is 1450. The van der Waals surface area contributed by atoms with Crippen molar-refractivity contribution in [3.05, 3.63) is 131 Å². The Balaban J connectivity index is 1.50. The van der Waals surface area contributed by atoms with Crippen LogP contribution in [0.15, 0.2) is 103 Å². The van der Waals surface area contributed by atoms with Gasteiger partial charge in [0.2, 0.25) is 0 Å². The van der Waals surface area contributed by atoms with Crippen molar-refractivity contribution in [3.8, 4) is 5.75 Å². The maximum absolute atomic E-state index is 13.3. The highest BCUT2D eigenvalue weighted by Crippen LogP contribution is 2.40. The Labute approximate surface area is 214 Å². The molecule has 1 saturated heterocycles. The molecule has 37 heavy (non-hydrogen) atoms. The fraction of sp³-hybridized carbons (Fsp3) is 0.133. The number of aliphatic hydroxyl groups excluding tert-OH is 1. The summed E-state index contributed by atoms with van der Waals surface area (Å²) >= 11 is 0. The average Bonchev–Trinajstić information content (AvgIpc) is 3.18. The van der Waals surface area contributed by atoms with Gasteiger partial charge in [0.15, 0.2) is 0 Å². The number of nitrogens with zero attached hydrogens (tertiary/aromatic N) is 3. The highest BCUT2D eigenvalue weighted by Gasteiger charge is 2.46. The van der Waals surface area contributed by atoms with Crippen LogP contribution in [0, 0.1) is 6.92 Å². The summed E-state index contributed by atoms with van der Waals surface area (Å²) in [6.45, 7) is 2.48. The standard InChI is InChI=1S/C30H25N3O4/c1-20-17-24(7-8-25(20)37-19-22-5-3-2-4-6-22)28(34)26-27(23-11-15-32-16-12-23)33(30(36)29(26)35)18-21-9-13-31-14-10-21/h2-17,27,34H,18-19H2,1H3/b28-26-. The topological polar surface area (TPSA) is 92.6 Å². The van der Waals surface area contributed by atoms with Gasteiger partial charge in [0.05, 0.1) is 11.6 Å². The molecule has 0 bridgehead atoms. The number of aromatic nitrogens is 2. The fourth-order valence-corrected chi connectivity index (χ4v) is 4.47. The van der Waals surface area contributed by atoms with Gasteiger partial charge in [-0.05, 0) is 71.6 Å². The van der Waals surface area contributed by atoms with Crippen LogP contribution in [0.3, 0.4) is 0 Å². The first-order chi connectivity index (χ1) is 18.0. The van der Waals surface area contributed by atoms with Crippen molar-refractivity contribution < 1.29 is 19.4 Å². The van der Waals surface area contributed by atoms with Gasteiger partial charge in [0, 0.05) is 36.9 Å². The zero-order valence-electron chi connectivity index (χ0n) is 20.2. The third kappa shape index (κ3) is 4.97. The molecule has 1 fully saturated rings. The van der Waals surface area contributed by atoms with E-state index in [1.807, 2.05) is 37.3 Å². The van der Waals surface area contributed by atoms with Crippen LogP contribution in [0.2, 0.25) is 0 Å². The average molecular weight is 492 g/mol. The molecule has 2 aromatic carbocycles. The van der Waals surface area contributed by atoms with Crippen molar-refractivity contribution >= 4 is 17.4 Å². The highest BCUT2D eigenvalue weighted by atomic mass is 16.5. The molecule has 0 spiro atoms. The molecule has 1 amide bonds. The van der Waals surface area contributed by atoms with E-state index in [1.165, 1.54) is 4.90 Å². The minimum absolute atomic E-state index is 0.0441. The number of likely N-dealkylation sites (tertiary alicyclic amines) is 1. The molecule has 1 aliphatic heterocycles. The van der Waals surface area contributed by atoms with Gasteiger partial charge in [0.25, 0.3) is 11.7 Å². The summed E-state index contributed by atoms with van der Waals surface area (Å²) in [5, 5.41) is 11.4. The molecule has 1 atom stereocenters. The van der Waals surface area contributed by atoms with Crippen LogP contribution in [0.25, 0.3) is 5.76 Å². The van der Waals surface area contributed by atoms with Crippen LogP contribution in [0.5, 0.6) is 5.75 Å². The largest absolute Gasteiger partial charge is 0.507 e. The lowest BCUT2D eigenvalue weighted by Crippen LogP contribution is -2.29. The first-order valence-electron chi connectivity index (χ1n) is 11.9. The van der Waals surface area contributed by atoms with Gasteiger partial charge in [0.1, 0.15) is 18.1 Å². The normalized spacial score (nSPS) is 16.7. The summed E-state index contributed by atoms with van der Waals surface area (Å²) in [4.78, 5) is 36.0. The van der Waals surface area contributed by atoms with E-state index in [0.717, 1.165) is 16.7 Å². The molecule has 1 unspecified atom stereocenters. The van der Waals surface area contributed by atoms with Gasteiger partial charge >= 0.3 is 0 Å². The Hall–Kier alpha value is -4.78. The Morgan fingerprint density at radius 1 is 0.892 bits per heavy atom. The van der Waals surface area contributed by atoms with E-state index in [4.69, 9.17) is 4.74 Å². The Kier molecular flexibility index (Phi) is 6.76. The lowest BCUT2D eigenvalue weighted by molar-refractivity contribution is -0.140. The first kappa shape index (κ1) is 23.9. The summed E-state index contributed by atoms with van der Waals surface area (Å²) in [6.07, 6.45) is 6.48. The van der Waals surface area contributed by atoms with Gasteiger partial charge in [-0.1, -0.05) is 30.3 Å². The lowest BCUT2D eigenvalue weighted by Gasteiger charge is -2.25. The minimum Gasteiger partial charge on any atom is -0.507 e. The number of rotatable bonds is 7. The van der Waals surface area contributed by atoms with Crippen molar-refractivity contribution in [2.75, 3.05) is 0 Å². The van der Waals surface area contributed by atoms with Crippen LogP contribution in [0.4, 0.5) is 0 Å². The van der Waals surface area contributed by atoms with Crippen molar-refractivity contribution in [1.29, 1.82) is 0 Å². The molecule has 0 saturated carbocycles. The predicted molar refractivity (Wildman–Crippen MR) is 138 cm³/mol. The van der Waals surface area contributed by atoms with Gasteiger partial charge in [-0.15, -0.1) is 0 Å². The van der Waals surface area contributed by atoms with Gasteiger partial charge in [-0.3, -0.25) is 19.6 Å². The minimum atomic E-state index is -0.759. The molecule has 4 aromatic rings. The van der Waals surface area contributed by atoms with E-state index in [-0.39, 0.29) is 17.9 Å². The van der Waals surface area contributed by atoms with Crippen molar-refractivity contribution in [2.45, 2.75) is 26.1 Å². The third-order valence-electron chi connectivity index (χ3n) is 6.35. The van der Waals surface area contributed by atoms with Gasteiger partial charge < -0.3 is 14.7 Å². The maximum Gasteiger partial charge on any atom is 0.295 e. The van der Waals surface area contributed by atoms with Crippen molar-refractivity contribution in [1.82, 2.24) is 14.9 Å². The fourth-order valence-electron chi connectivity index (χ4n) is 4.47. The third-order valence-corrected chi connectivity index (χ3v) is 6.35. The van der Waals surface area contributed by atoms with E-state index in [0.29, 0.717) is 23.5 Å². The Morgan fingerprint density at radius 2 is 1.57 bits per heavy atom. The van der Waals surface area contributed by atoms with Crippen molar-refractivity contribution in [2.24, 2.45) is 0 Å². The van der Waals surface area contributed by atoms with E-state index < -0.39 is 17.7 Å². The number of Topliss-reactive ketones (excluding diaryl/α,β-unsaturated/α-hetero) is 1. The summed E-state index contributed by atoms with van der Waals surface area (Å²) in [6, 6.07) is 21.4. The molecular formula is C30H25N3O4. The lowest BCUT2D eigenvalue weighted by atomic mass is 9.95. The van der Waals surface area contributed by atoms with Gasteiger partial charge in [-0.2, -0.15) is 0 Å². The number of pyridine rings is 2. The summed E-state index contributed by atoms with van der Waals surface area (Å²) < 4.78 is 5.96. The number of hydrogen-bond donors (Lipinski definition) is 1. The zero-order chi connectivity index (χ0) is 25.8. The van der Waals surface area contributed by atoms with E-state index in [2.05, 4.69) is 9.97 Å². The van der Waals surface area contributed by atoms with E-state index >= 15 is 0 Å². The number of benzene rings is 2. The number of carbonyl (C=O) groups is 2. The molecule has 184 valence electrons. The second-order valence-corrected chi connectivity index (χ2v) is 8.82. The van der Waals surface area contributed by atoms with Crippen LogP contribution in [0.1, 0.15) is 33.9 Å². The van der Waals surface area contributed by atoms with Crippen LogP contribution in [-0.2, 0) is 22.7 Å². The molecule has 1 aliphatic rings. The maximum atomic E-state index is 13.3. The SMILES string of the molecule is Cc1cc(/C(O)=C2/C(=O)C(=O)N(Cc3ccncc3)C2c2ccncc2)ccc1OCc1ccccc1. The molecule has 7 nitrogen and oxygen atoms in total. The molecule has 0 radical (unpaired) electrons. The second-order valence-electron chi connectivity index (χ2n) is 8.82. The molecule has 1 N–H and O–H groups in total. The second kappa shape index (κ2) is 10.5. The van der Waals surface area contributed by atoms with Crippen molar-refractivity contribution in [3.63, 3.8) is 0 Å². The van der Waals surface area contributed by atoms with Crippen LogP contribution < -0.4 is 4.74 Å². The quantitative estimate of drug-likeness (QED) is 0.223. The number of aryl methyl sites for hydroxylation is 1. The monoisotopic (exact) mass is 491 g/mol. The number of carbonyl (C=O) groups excluding carboxylic acids is 2. The highest BCUT2D eigenvalue weighted by molar-refractivity contribution is 6.46. The van der Waals surface area contributed by atoms with Crippen LogP contribution >= 0.6 is 0 Å². The summed E-state index contributed by atoms with van der Waals surface area (Å²) in [5.74, 6) is -0.950. The zero-order valence-corrected chi connectivity index (χ0v) is 20.2. The molecular weight excluding hydrogens is 466 g/mol. The van der Waals surface area contributed by atoms with Crippen LogP contribution in [-0.4, -0.2) is 31.7 Å². The summed E-state index contributed by atoms with van der Waals surface area (Å²) in [7, 11) is 0. The number of aliphatic hydroxyl groups is 1. The number of amides is 1. The Morgan fingerprint density at radius 3 is 2.24 bits per heavy atom. The molecule has 3 heterocycles. The smallest absolute Gasteiger partial charge is 0.295 e. The summed E-state index contributed by atoms with van der Waals surface area (Å²) in [5.41, 5.74) is 3.83. The number of hydrogen-bond acceptors (Lipinski definition) is 6. The first-order valence-corrected chi connectivity index (χ1v) is 11.9. The van der Waals surface area contributed by atoms with E-state index in [1.54, 1.807) is 67.3 Å². The molecule has 0 aliphatic carbocycles. The number of ether oxygens (including phenoxy) is 1. The predicted octanol–water partition coefficient (Wildman–Crippen LogP) is 4.99.